The molecule has 3 N–H and O–H groups in total. The Labute approximate surface area is 124 Å². The molecule has 0 saturated carbocycles. The number of hydrazine groups is 1. The molecule has 0 bridgehead atoms. The van der Waals surface area contributed by atoms with Crippen LogP contribution in [0.1, 0.15) is 5.69 Å². The van der Waals surface area contributed by atoms with Crippen LogP contribution in [-0.4, -0.2) is 36.5 Å². The third-order valence-electron chi connectivity index (χ3n) is 2.70. The fourth-order valence-electron chi connectivity index (χ4n) is 1.71. The van der Waals surface area contributed by atoms with Gasteiger partial charge < -0.3 is 4.90 Å². The van der Waals surface area contributed by atoms with E-state index in [1.807, 2.05) is 17.3 Å². The molecule has 3 aromatic rings. The molecule has 0 unspecified atom stereocenters. The van der Waals surface area contributed by atoms with Gasteiger partial charge in [0.15, 0.2) is 0 Å². The second kappa shape index (κ2) is 5.81. The molecule has 0 aliphatic heterocycles. The van der Waals surface area contributed by atoms with Crippen molar-refractivity contribution >= 4 is 23.2 Å². The molecule has 3 heterocycles. The summed E-state index contributed by atoms with van der Waals surface area (Å²) < 4.78 is 1.68. The Morgan fingerprint density at radius 3 is 2.95 bits per heavy atom. The summed E-state index contributed by atoms with van der Waals surface area (Å²) in [5, 5.41) is 1.98. The van der Waals surface area contributed by atoms with Crippen LogP contribution >= 0.6 is 11.3 Å². The lowest BCUT2D eigenvalue weighted by Gasteiger charge is -2.17. The van der Waals surface area contributed by atoms with Crippen molar-refractivity contribution in [3.05, 3.63) is 35.3 Å². The minimum atomic E-state index is 0.286. The predicted molar refractivity (Wildman–Crippen MR) is 79.0 cm³/mol. The average Bonchev–Trinajstić information content (AvgIpc) is 3.20. The smallest absolute Gasteiger partial charge is 0.243 e. The van der Waals surface area contributed by atoms with E-state index >= 15 is 0 Å². The number of hydrogen-bond donors (Lipinski definition) is 2. The van der Waals surface area contributed by atoms with Crippen LogP contribution in [0.5, 0.6) is 0 Å². The highest BCUT2D eigenvalue weighted by Crippen LogP contribution is 2.14. The van der Waals surface area contributed by atoms with Crippen molar-refractivity contribution in [3.8, 4) is 5.95 Å². The molecule has 0 spiro atoms. The number of imidazole rings is 1. The topological polar surface area (TPSA) is 111 Å². The zero-order valence-electron chi connectivity index (χ0n) is 11.2. The first kappa shape index (κ1) is 13.4. The molecule has 0 atom stereocenters. The van der Waals surface area contributed by atoms with Gasteiger partial charge in [0.25, 0.3) is 0 Å². The van der Waals surface area contributed by atoms with Crippen molar-refractivity contribution in [2.24, 2.45) is 5.84 Å². The molecule has 0 radical (unpaired) electrons. The molecular weight excluding hydrogens is 290 g/mol. The number of nitrogen functional groups attached to an aromatic ring is 1. The number of nitrogens with one attached hydrogen (secondary N) is 1. The lowest BCUT2D eigenvalue weighted by atomic mass is 10.4. The maximum atomic E-state index is 5.42. The average molecular weight is 303 g/mol. The van der Waals surface area contributed by atoms with Crippen molar-refractivity contribution in [1.29, 1.82) is 0 Å². The summed E-state index contributed by atoms with van der Waals surface area (Å²) in [5.41, 5.74) is 5.19. The van der Waals surface area contributed by atoms with Gasteiger partial charge in [0.05, 0.1) is 17.7 Å². The fourth-order valence-corrected chi connectivity index (χ4v) is 2.26. The van der Waals surface area contributed by atoms with E-state index < -0.39 is 0 Å². The van der Waals surface area contributed by atoms with Gasteiger partial charge in [-0.1, -0.05) is 0 Å². The maximum absolute atomic E-state index is 5.42. The lowest BCUT2D eigenvalue weighted by Crippen LogP contribution is -2.22. The number of nitrogens with two attached hydrogens (primary N) is 1. The molecule has 0 saturated heterocycles. The minimum absolute atomic E-state index is 0.286. The van der Waals surface area contributed by atoms with E-state index in [2.05, 4.69) is 30.3 Å². The lowest BCUT2D eigenvalue weighted by molar-refractivity contribution is 0.813. The highest BCUT2D eigenvalue weighted by atomic mass is 32.1. The van der Waals surface area contributed by atoms with E-state index in [4.69, 9.17) is 5.84 Å². The van der Waals surface area contributed by atoms with Crippen molar-refractivity contribution in [1.82, 2.24) is 29.5 Å². The first-order valence-corrected chi connectivity index (χ1v) is 7.00. The van der Waals surface area contributed by atoms with Crippen molar-refractivity contribution in [2.45, 2.75) is 6.54 Å². The largest absolute Gasteiger partial charge is 0.338 e. The first-order chi connectivity index (χ1) is 10.3. The molecule has 0 amide bonds. The quantitative estimate of drug-likeness (QED) is 0.516. The van der Waals surface area contributed by atoms with E-state index in [1.165, 1.54) is 0 Å². The third kappa shape index (κ3) is 2.95. The van der Waals surface area contributed by atoms with Gasteiger partial charge >= 0.3 is 0 Å². The number of anilines is 2. The summed E-state index contributed by atoms with van der Waals surface area (Å²) >= 11 is 1.55. The monoisotopic (exact) mass is 303 g/mol. The summed E-state index contributed by atoms with van der Waals surface area (Å²) in [6.45, 7) is 0.598. The SMILES string of the molecule is CN(Cc1cscn1)c1nc(NN)nc(-n2ccnc2)n1. The minimum Gasteiger partial charge on any atom is -0.338 e. The van der Waals surface area contributed by atoms with Gasteiger partial charge in [-0.2, -0.15) is 15.0 Å². The number of thiazole rings is 1. The van der Waals surface area contributed by atoms with Gasteiger partial charge in [-0.05, 0) is 0 Å². The van der Waals surface area contributed by atoms with Crippen LogP contribution in [0.3, 0.4) is 0 Å². The molecule has 0 aromatic carbocycles. The summed E-state index contributed by atoms with van der Waals surface area (Å²) in [5.74, 6) is 6.64. The Bertz CT molecular complexity index is 695. The maximum Gasteiger partial charge on any atom is 0.243 e. The van der Waals surface area contributed by atoms with E-state index in [-0.39, 0.29) is 5.95 Å². The Morgan fingerprint density at radius 2 is 2.29 bits per heavy atom. The van der Waals surface area contributed by atoms with E-state index in [9.17, 15) is 0 Å². The summed E-state index contributed by atoms with van der Waals surface area (Å²) in [6, 6.07) is 0. The molecule has 0 aliphatic carbocycles. The van der Waals surface area contributed by atoms with Crippen molar-refractivity contribution in [3.63, 3.8) is 0 Å². The van der Waals surface area contributed by atoms with Gasteiger partial charge in [-0.25, -0.2) is 15.8 Å². The van der Waals surface area contributed by atoms with Gasteiger partial charge in [0.2, 0.25) is 17.8 Å². The summed E-state index contributed by atoms with van der Waals surface area (Å²) in [4.78, 5) is 23.0. The van der Waals surface area contributed by atoms with Gasteiger partial charge in [0, 0.05) is 24.8 Å². The van der Waals surface area contributed by atoms with Gasteiger partial charge in [-0.15, -0.1) is 11.3 Å². The van der Waals surface area contributed by atoms with Crippen molar-refractivity contribution < 1.29 is 0 Å². The molecule has 3 aromatic heterocycles. The molecule has 10 heteroatoms. The number of nitrogens with zero attached hydrogens (tertiary/aromatic N) is 7. The molecular formula is C11H13N9S. The number of rotatable bonds is 5. The van der Waals surface area contributed by atoms with Gasteiger partial charge in [-0.3, -0.25) is 9.99 Å². The summed E-state index contributed by atoms with van der Waals surface area (Å²) in [6.07, 6.45) is 5.01. The Hall–Kier alpha value is -2.59. The molecule has 21 heavy (non-hydrogen) atoms. The zero-order valence-corrected chi connectivity index (χ0v) is 12.0. The fraction of sp³-hybridized carbons (Fsp3) is 0.182. The second-order valence-electron chi connectivity index (χ2n) is 4.21. The van der Waals surface area contributed by atoms with Crippen LogP contribution in [0.25, 0.3) is 5.95 Å². The molecule has 9 nitrogen and oxygen atoms in total. The highest BCUT2D eigenvalue weighted by molar-refractivity contribution is 7.07. The third-order valence-corrected chi connectivity index (χ3v) is 3.34. The standard InChI is InChI=1S/C11H13N9S/c1-19(4-8-5-21-7-14-8)10-15-9(18-12)16-11(17-10)20-3-2-13-6-20/h2-3,5-7H,4,12H2,1H3,(H,15,16,17,18). The van der Waals surface area contributed by atoms with Crippen LogP contribution in [0.2, 0.25) is 0 Å². The predicted octanol–water partition coefficient (Wildman–Crippen LogP) is 0.436. The van der Waals surface area contributed by atoms with Crippen molar-refractivity contribution in [2.75, 3.05) is 17.4 Å². The van der Waals surface area contributed by atoms with Crippen LogP contribution in [0.15, 0.2) is 29.6 Å². The zero-order chi connectivity index (χ0) is 14.7. The van der Waals surface area contributed by atoms with Crippen LogP contribution in [-0.2, 0) is 6.54 Å². The summed E-state index contributed by atoms with van der Waals surface area (Å²) in [7, 11) is 1.88. The van der Waals surface area contributed by atoms with Gasteiger partial charge in [0.1, 0.15) is 6.33 Å². The Kier molecular flexibility index (Phi) is 3.71. The van der Waals surface area contributed by atoms with E-state index in [0.29, 0.717) is 18.4 Å². The number of aromatic nitrogens is 6. The van der Waals surface area contributed by atoms with E-state index in [1.54, 1.807) is 40.1 Å². The molecule has 108 valence electrons. The Balaban J connectivity index is 1.92. The molecule has 0 aliphatic rings. The van der Waals surface area contributed by atoms with Crippen LogP contribution < -0.4 is 16.2 Å². The molecule has 3 rings (SSSR count). The van der Waals surface area contributed by atoms with Crippen LogP contribution in [0, 0.1) is 0 Å². The van der Waals surface area contributed by atoms with Crippen LogP contribution in [0.4, 0.5) is 11.9 Å². The Morgan fingerprint density at radius 1 is 1.38 bits per heavy atom. The normalized spacial score (nSPS) is 10.6. The first-order valence-electron chi connectivity index (χ1n) is 6.05. The number of hydrogen-bond acceptors (Lipinski definition) is 9. The highest BCUT2D eigenvalue weighted by Gasteiger charge is 2.12. The second-order valence-corrected chi connectivity index (χ2v) is 4.93. The van der Waals surface area contributed by atoms with E-state index in [0.717, 1.165) is 5.69 Å². The molecule has 0 fully saturated rings.